The Hall–Kier alpha value is -2.28. The molecule has 2 amide bonds. The summed E-state index contributed by atoms with van der Waals surface area (Å²) in [5.41, 5.74) is 5.56. The number of aromatic nitrogens is 1. The highest BCUT2D eigenvalue weighted by molar-refractivity contribution is 5.92. The number of nitrogens with one attached hydrogen (secondary N) is 1. The Morgan fingerprint density at radius 1 is 1.45 bits per heavy atom. The smallest absolute Gasteiger partial charge is 0.249 e. The van der Waals surface area contributed by atoms with E-state index in [0.29, 0.717) is 18.5 Å². The maximum Gasteiger partial charge on any atom is 0.249 e. The lowest BCUT2D eigenvalue weighted by atomic mass is 10.1. The lowest BCUT2D eigenvalue weighted by Gasteiger charge is -2.22. The molecule has 1 aromatic rings. The van der Waals surface area contributed by atoms with Gasteiger partial charge in [-0.2, -0.15) is 4.57 Å². The van der Waals surface area contributed by atoms with Crippen molar-refractivity contribution < 1.29 is 19.0 Å². The average Bonchev–Trinajstić information content (AvgIpc) is 2.87. The normalized spacial score (nSPS) is 19.3. The van der Waals surface area contributed by atoms with Crippen molar-refractivity contribution in [1.29, 1.82) is 0 Å². The third-order valence-electron chi connectivity index (χ3n) is 4.04. The van der Waals surface area contributed by atoms with Gasteiger partial charge >= 0.3 is 0 Å². The molecule has 1 fully saturated rings. The Kier molecular flexibility index (Phi) is 4.87. The zero-order valence-corrected chi connectivity index (χ0v) is 12.8. The predicted molar refractivity (Wildman–Crippen MR) is 78.8 cm³/mol. The number of primary amides is 1. The second kappa shape index (κ2) is 6.65. The first-order chi connectivity index (χ1) is 10.4. The highest BCUT2D eigenvalue weighted by atomic mass is 16.2. The van der Waals surface area contributed by atoms with E-state index in [1.165, 1.54) is 0 Å². The van der Waals surface area contributed by atoms with Crippen molar-refractivity contribution in [3.05, 3.63) is 30.1 Å². The van der Waals surface area contributed by atoms with Gasteiger partial charge in [0.15, 0.2) is 12.4 Å². The molecule has 1 unspecified atom stereocenters. The van der Waals surface area contributed by atoms with Gasteiger partial charge in [-0.1, -0.05) is 0 Å². The van der Waals surface area contributed by atoms with Crippen LogP contribution in [-0.4, -0.2) is 48.2 Å². The molecule has 7 heteroatoms. The van der Waals surface area contributed by atoms with Gasteiger partial charge in [0.1, 0.15) is 0 Å². The molecule has 2 atom stereocenters. The van der Waals surface area contributed by atoms with Crippen LogP contribution in [0.4, 0.5) is 0 Å². The van der Waals surface area contributed by atoms with Gasteiger partial charge in [-0.25, -0.2) is 0 Å². The maximum absolute atomic E-state index is 12.3. The van der Waals surface area contributed by atoms with Crippen LogP contribution in [0.1, 0.15) is 23.7 Å². The van der Waals surface area contributed by atoms with E-state index >= 15 is 0 Å². The molecule has 0 aliphatic carbocycles. The lowest BCUT2D eigenvalue weighted by Crippen LogP contribution is -2.48. The molecule has 7 nitrogen and oxygen atoms in total. The summed E-state index contributed by atoms with van der Waals surface area (Å²) < 4.78 is 1.67. The molecular formula is C15H21N4O3+. The van der Waals surface area contributed by atoms with Crippen LogP contribution in [0.3, 0.4) is 0 Å². The van der Waals surface area contributed by atoms with E-state index in [1.807, 2.05) is 0 Å². The van der Waals surface area contributed by atoms with Crippen LogP contribution in [0.25, 0.3) is 0 Å². The highest BCUT2D eigenvalue weighted by Crippen LogP contribution is 2.14. The lowest BCUT2D eigenvalue weighted by molar-refractivity contribution is -0.684. The minimum absolute atomic E-state index is 0.0302. The van der Waals surface area contributed by atoms with E-state index < -0.39 is 11.9 Å². The van der Waals surface area contributed by atoms with Gasteiger partial charge in [-0.15, -0.1) is 0 Å². The van der Waals surface area contributed by atoms with Gasteiger partial charge < -0.3 is 16.0 Å². The molecule has 1 aliphatic rings. The molecule has 0 bridgehead atoms. The fraction of sp³-hybridized carbons (Fsp3) is 0.467. The van der Waals surface area contributed by atoms with Gasteiger partial charge in [0.25, 0.3) is 0 Å². The minimum atomic E-state index is -0.507. The number of ketones is 1. The molecular weight excluding hydrogens is 284 g/mol. The number of amides is 2. The van der Waals surface area contributed by atoms with E-state index in [1.54, 1.807) is 48.0 Å². The van der Waals surface area contributed by atoms with E-state index in [2.05, 4.69) is 5.32 Å². The third-order valence-corrected chi connectivity index (χ3v) is 4.04. The molecule has 1 aromatic heterocycles. The number of rotatable bonds is 6. The van der Waals surface area contributed by atoms with Crippen LogP contribution in [-0.2, 0) is 16.1 Å². The van der Waals surface area contributed by atoms with Crippen molar-refractivity contribution in [3.63, 3.8) is 0 Å². The number of hydrogen-bond acceptors (Lipinski definition) is 4. The summed E-state index contributed by atoms with van der Waals surface area (Å²) in [5, 5.41) is 2.95. The first-order valence-electron chi connectivity index (χ1n) is 7.23. The SMILES string of the molecule is CNC1CCN([C@@H](C)C(=O)C[n+]2ccc(C(N)=O)cc2)C1=O. The number of carbonyl (C=O) groups is 3. The van der Waals surface area contributed by atoms with Crippen molar-refractivity contribution >= 4 is 17.6 Å². The predicted octanol–water partition coefficient (Wildman–Crippen LogP) is -1.15. The Morgan fingerprint density at radius 2 is 2.09 bits per heavy atom. The van der Waals surface area contributed by atoms with Crippen molar-refractivity contribution in [2.45, 2.75) is 32.0 Å². The Morgan fingerprint density at radius 3 is 2.59 bits per heavy atom. The van der Waals surface area contributed by atoms with Crippen LogP contribution in [0.5, 0.6) is 0 Å². The molecule has 0 spiro atoms. The first-order valence-corrected chi connectivity index (χ1v) is 7.23. The highest BCUT2D eigenvalue weighted by Gasteiger charge is 2.36. The third kappa shape index (κ3) is 3.30. The van der Waals surface area contributed by atoms with Crippen LogP contribution >= 0.6 is 0 Å². The zero-order valence-electron chi connectivity index (χ0n) is 12.8. The van der Waals surface area contributed by atoms with Crippen molar-refractivity contribution in [3.8, 4) is 0 Å². The molecule has 22 heavy (non-hydrogen) atoms. The topological polar surface area (TPSA) is 96.4 Å². The average molecular weight is 305 g/mol. The fourth-order valence-electron chi connectivity index (χ4n) is 2.57. The summed E-state index contributed by atoms with van der Waals surface area (Å²) in [6, 6.07) is 2.48. The zero-order chi connectivity index (χ0) is 16.3. The molecule has 1 saturated heterocycles. The number of hydrogen-bond donors (Lipinski definition) is 2. The number of carbonyl (C=O) groups excluding carboxylic acids is 3. The number of nitrogens with two attached hydrogens (primary N) is 1. The molecule has 2 rings (SSSR count). The van der Waals surface area contributed by atoms with Crippen LogP contribution in [0, 0.1) is 0 Å². The van der Waals surface area contributed by atoms with Crippen LogP contribution in [0.15, 0.2) is 24.5 Å². The van der Waals surface area contributed by atoms with Crippen molar-refractivity contribution in [1.82, 2.24) is 10.2 Å². The molecule has 0 aromatic carbocycles. The van der Waals surface area contributed by atoms with E-state index in [4.69, 9.17) is 5.73 Å². The summed E-state index contributed by atoms with van der Waals surface area (Å²) in [5.74, 6) is -0.591. The van der Waals surface area contributed by atoms with Gasteiger partial charge in [-0.3, -0.25) is 14.4 Å². The standard InChI is InChI=1S/C15H20N4O3/c1-10(19-8-5-12(17-2)15(19)22)13(20)9-18-6-3-11(4-7-18)14(16)21/h3-4,6-7,10,12,17H,5,8-9H2,1-2H3,(H-,16,21)/p+1/t10-,12?/m0/s1. The molecule has 2 heterocycles. The molecule has 3 N–H and O–H groups in total. The Bertz CT molecular complexity index is 585. The van der Waals surface area contributed by atoms with Gasteiger partial charge in [0.05, 0.1) is 17.6 Å². The Balaban J connectivity index is 1.99. The Labute approximate surface area is 129 Å². The van der Waals surface area contributed by atoms with E-state index in [-0.39, 0.29) is 24.3 Å². The summed E-state index contributed by atoms with van der Waals surface area (Å²) in [7, 11) is 1.74. The number of nitrogens with zero attached hydrogens (tertiary/aromatic N) is 2. The van der Waals surface area contributed by atoms with Crippen LogP contribution in [0.2, 0.25) is 0 Å². The number of likely N-dealkylation sites (tertiary alicyclic amines) is 1. The summed E-state index contributed by atoms with van der Waals surface area (Å²) in [6.07, 6.45) is 3.98. The second-order valence-electron chi connectivity index (χ2n) is 5.43. The summed E-state index contributed by atoms with van der Waals surface area (Å²) >= 11 is 0. The van der Waals surface area contributed by atoms with Crippen molar-refractivity contribution in [2.24, 2.45) is 5.73 Å². The van der Waals surface area contributed by atoms with Gasteiger partial charge in [0, 0.05) is 18.7 Å². The summed E-state index contributed by atoms with van der Waals surface area (Å²) in [6.45, 7) is 2.48. The number of pyridine rings is 1. The molecule has 0 radical (unpaired) electrons. The van der Waals surface area contributed by atoms with E-state index in [9.17, 15) is 14.4 Å². The number of likely N-dealkylation sites (N-methyl/N-ethyl adjacent to an activating group) is 1. The second-order valence-corrected chi connectivity index (χ2v) is 5.43. The monoisotopic (exact) mass is 305 g/mol. The maximum atomic E-state index is 12.3. The molecule has 0 saturated carbocycles. The largest absolute Gasteiger partial charge is 0.366 e. The summed E-state index contributed by atoms with van der Waals surface area (Å²) in [4.78, 5) is 37.1. The van der Waals surface area contributed by atoms with Crippen molar-refractivity contribution in [2.75, 3.05) is 13.6 Å². The van der Waals surface area contributed by atoms with E-state index in [0.717, 1.165) is 0 Å². The van der Waals surface area contributed by atoms with Gasteiger partial charge in [0.2, 0.25) is 24.1 Å². The fourth-order valence-corrected chi connectivity index (χ4v) is 2.57. The minimum Gasteiger partial charge on any atom is -0.366 e. The first kappa shape index (κ1) is 16.1. The number of Topliss-reactive ketones (excluding diaryl/α,β-unsaturated/α-hetero) is 1. The molecule has 118 valence electrons. The quantitative estimate of drug-likeness (QED) is 0.649. The van der Waals surface area contributed by atoms with Gasteiger partial charge in [-0.05, 0) is 20.4 Å². The molecule has 1 aliphatic heterocycles. The van der Waals surface area contributed by atoms with Crippen LogP contribution < -0.4 is 15.6 Å².